The molecule has 0 saturated carbocycles. The molecule has 0 radical (unpaired) electrons. The molecule has 6 nitrogen and oxygen atoms in total. The highest BCUT2D eigenvalue weighted by molar-refractivity contribution is 5.99. The maximum atomic E-state index is 13.0. The lowest BCUT2D eigenvalue weighted by Crippen LogP contribution is -2.27. The van der Waals surface area contributed by atoms with Crippen molar-refractivity contribution in [3.8, 4) is 5.75 Å². The van der Waals surface area contributed by atoms with Gasteiger partial charge in [-0.2, -0.15) is 0 Å². The number of nitrogens with zero attached hydrogens (tertiary/aromatic N) is 1. The average Bonchev–Trinajstić information content (AvgIpc) is 3.04. The highest BCUT2D eigenvalue weighted by Crippen LogP contribution is 2.26. The van der Waals surface area contributed by atoms with E-state index in [1.165, 1.54) is 60.5 Å². The molecular formula is C19H16FNO5. The van der Waals surface area contributed by atoms with Crippen LogP contribution in [0.2, 0.25) is 0 Å². The second-order valence-corrected chi connectivity index (χ2v) is 5.82. The normalized spacial score (nSPS) is 16.5. The van der Waals surface area contributed by atoms with Gasteiger partial charge in [0.15, 0.2) is 0 Å². The number of hydrogen-bond donors (Lipinski definition) is 0. The Morgan fingerprint density at radius 3 is 2.35 bits per heavy atom. The fourth-order valence-corrected chi connectivity index (χ4v) is 2.71. The van der Waals surface area contributed by atoms with E-state index in [1.807, 2.05) is 0 Å². The van der Waals surface area contributed by atoms with Crippen LogP contribution in [0, 0.1) is 11.7 Å². The first kappa shape index (κ1) is 17.6. The molecule has 26 heavy (non-hydrogen) atoms. The number of halogens is 1. The Labute approximate surface area is 149 Å². The molecule has 1 saturated heterocycles. The minimum absolute atomic E-state index is 0.0243. The Hall–Kier alpha value is -3.22. The second-order valence-electron chi connectivity index (χ2n) is 5.82. The monoisotopic (exact) mass is 357 g/mol. The topological polar surface area (TPSA) is 72.9 Å². The molecule has 7 heteroatoms. The van der Waals surface area contributed by atoms with Gasteiger partial charge >= 0.3 is 11.9 Å². The molecule has 1 amide bonds. The van der Waals surface area contributed by atoms with Crippen molar-refractivity contribution in [3.63, 3.8) is 0 Å². The quantitative estimate of drug-likeness (QED) is 0.621. The number of anilines is 1. The van der Waals surface area contributed by atoms with Crippen LogP contribution in [0.3, 0.4) is 0 Å². The maximum absolute atomic E-state index is 13.0. The molecule has 1 fully saturated rings. The van der Waals surface area contributed by atoms with Gasteiger partial charge in [-0.3, -0.25) is 9.59 Å². The number of amides is 1. The van der Waals surface area contributed by atoms with Crippen LogP contribution in [0.15, 0.2) is 48.5 Å². The molecule has 2 aromatic carbocycles. The van der Waals surface area contributed by atoms with Gasteiger partial charge in [-0.25, -0.2) is 9.18 Å². The molecule has 0 N–H and O–H groups in total. The van der Waals surface area contributed by atoms with Crippen molar-refractivity contribution in [2.45, 2.75) is 6.42 Å². The van der Waals surface area contributed by atoms with Crippen LogP contribution in [-0.2, 0) is 14.3 Å². The first-order valence-electron chi connectivity index (χ1n) is 7.94. The summed E-state index contributed by atoms with van der Waals surface area (Å²) < 4.78 is 22.9. The minimum Gasteiger partial charge on any atom is -0.465 e. The highest BCUT2D eigenvalue weighted by atomic mass is 19.1. The Morgan fingerprint density at radius 2 is 1.73 bits per heavy atom. The van der Waals surface area contributed by atoms with E-state index in [1.54, 1.807) is 0 Å². The molecule has 0 bridgehead atoms. The summed E-state index contributed by atoms with van der Waals surface area (Å²) in [5.41, 5.74) is 0.875. The van der Waals surface area contributed by atoms with E-state index in [2.05, 4.69) is 4.74 Å². The van der Waals surface area contributed by atoms with Gasteiger partial charge in [-0.1, -0.05) is 0 Å². The number of rotatable bonds is 4. The summed E-state index contributed by atoms with van der Waals surface area (Å²) in [5, 5.41) is 0. The summed E-state index contributed by atoms with van der Waals surface area (Å²) in [6, 6.07) is 11.4. The summed E-state index contributed by atoms with van der Waals surface area (Å²) in [5.74, 6) is -1.98. The van der Waals surface area contributed by atoms with E-state index in [4.69, 9.17) is 4.74 Å². The standard InChI is InChI=1S/C19H16FNO5/c1-25-18(23)12-2-8-16(9-3-12)26-19(24)13-10-17(22)21(11-13)15-6-4-14(20)5-7-15/h2-9,13H,10-11H2,1H3/t13-/m0/s1. The Morgan fingerprint density at radius 1 is 1.08 bits per heavy atom. The van der Waals surface area contributed by atoms with Crippen LogP contribution in [0.5, 0.6) is 5.75 Å². The van der Waals surface area contributed by atoms with E-state index >= 15 is 0 Å². The minimum atomic E-state index is -0.618. The van der Waals surface area contributed by atoms with Gasteiger partial charge in [0.25, 0.3) is 0 Å². The molecular weight excluding hydrogens is 341 g/mol. The van der Waals surface area contributed by atoms with Crippen molar-refractivity contribution in [2.24, 2.45) is 5.92 Å². The molecule has 3 rings (SSSR count). The smallest absolute Gasteiger partial charge is 0.337 e. The molecule has 1 aliphatic heterocycles. The van der Waals surface area contributed by atoms with Gasteiger partial charge in [0, 0.05) is 18.7 Å². The SMILES string of the molecule is COC(=O)c1ccc(OC(=O)[C@H]2CC(=O)N(c3ccc(F)cc3)C2)cc1. The van der Waals surface area contributed by atoms with E-state index in [0.29, 0.717) is 11.3 Å². The van der Waals surface area contributed by atoms with Gasteiger partial charge in [0.1, 0.15) is 11.6 Å². The Balaban J connectivity index is 1.64. The zero-order valence-corrected chi connectivity index (χ0v) is 14.0. The van der Waals surface area contributed by atoms with E-state index in [0.717, 1.165) is 0 Å². The highest BCUT2D eigenvalue weighted by Gasteiger charge is 2.36. The van der Waals surface area contributed by atoms with Crippen molar-refractivity contribution in [2.75, 3.05) is 18.6 Å². The molecule has 0 unspecified atom stereocenters. The predicted octanol–water partition coefficient (Wildman–Crippen LogP) is 2.57. The Bertz CT molecular complexity index is 832. The first-order chi connectivity index (χ1) is 12.5. The second kappa shape index (κ2) is 7.35. The first-order valence-corrected chi connectivity index (χ1v) is 7.94. The third-order valence-electron chi connectivity index (χ3n) is 4.09. The van der Waals surface area contributed by atoms with Crippen LogP contribution in [0.25, 0.3) is 0 Å². The third kappa shape index (κ3) is 3.72. The molecule has 1 atom stereocenters. The van der Waals surface area contributed by atoms with Gasteiger partial charge in [0.2, 0.25) is 5.91 Å². The average molecular weight is 357 g/mol. The number of hydrogen-bond acceptors (Lipinski definition) is 5. The van der Waals surface area contributed by atoms with Crippen molar-refractivity contribution >= 4 is 23.5 Å². The molecule has 0 aliphatic carbocycles. The lowest BCUT2D eigenvalue weighted by Gasteiger charge is -2.16. The van der Waals surface area contributed by atoms with Crippen LogP contribution >= 0.6 is 0 Å². The number of benzene rings is 2. The maximum Gasteiger partial charge on any atom is 0.337 e. The third-order valence-corrected chi connectivity index (χ3v) is 4.09. The van der Waals surface area contributed by atoms with Crippen molar-refractivity contribution in [3.05, 3.63) is 59.9 Å². The summed E-state index contributed by atoms with van der Waals surface area (Å²) in [6.45, 7) is 0.170. The van der Waals surface area contributed by atoms with Crippen LogP contribution in [0.1, 0.15) is 16.8 Å². The van der Waals surface area contributed by atoms with E-state index in [9.17, 15) is 18.8 Å². The molecule has 2 aromatic rings. The van der Waals surface area contributed by atoms with Gasteiger partial charge in [0.05, 0.1) is 18.6 Å². The predicted molar refractivity (Wildman–Crippen MR) is 90.3 cm³/mol. The number of esters is 2. The molecule has 134 valence electrons. The number of methoxy groups -OCH3 is 1. The number of carbonyl (C=O) groups excluding carboxylic acids is 3. The summed E-state index contributed by atoms with van der Waals surface area (Å²) in [6.07, 6.45) is 0.0243. The zero-order chi connectivity index (χ0) is 18.7. The largest absolute Gasteiger partial charge is 0.465 e. The summed E-state index contributed by atoms with van der Waals surface area (Å²) >= 11 is 0. The van der Waals surface area contributed by atoms with Crippen LogP contribution < -0.4 is 9.64 Å². The fraction of sp³-hybridized carbons (Fsp3) is 0.211. The van der Waals surface area contributed by atoms with E-state index < -0.39 is 23.7 Å². The number of ether oxygens (including phenoxy) is 2. The summed E-state index contributed by atoms with van der Waals surface area (Å²) in [7, 11) is 1.28. The van der Waals surface area contributed by atoms with Crippen molar-refractivity contribution in [1.29, 1.82) is 0 Å². The zero-order valence-electron chi connectivity index (χ0n) is 14.0. The molecule has 1 aliphatic rings. The molecule has 0 aromatic heterocycles. The van der Waals surface area contributed by atoms with Crippen molar-refractivity contribution < 1.29 is 28.2 Å². The number of carbonyl (C=O) groups is 3. The van der Waals surface area contributed by atoms with Gasteiger partial charge in [-0.05, 0) is 48.5 Å². The van der Waals surface area contributed by atoms with Gasteiger partial charge in [-0.15, -0.1) is 0 Å². The van der Waals surface area contributed by atoms with E-state index in [-0.39, 0.29) is 24.6 Å². The molecule has 1 heterocycles. The Kier molecular flexibility index (Phi) is 4.97. The lowest BCUT2D eigenvalue weighted by atomic mass is 10.1. The molecule has 0 spiro atoms. The summed E-state index contributed by atoms with van der Waals surface area (Å²) in [4.78, 5) is 37.3. The van der Waals surface area contributed by atoms with Gasteiger partial charge < -0.3 is 14.4 Å². The van der Waals surface area contributed by atoms with Crippen molar-refractivity contribution in [1.82, 2.24) is 0 Å². The lowest BCUT2D eigenvalue weighted by molar-refractivity contribution is -0.139. The van der Waals surface area contributed by atoms with Crippen LogP contribution in [-0.4, -0.2) is 31.5 Å². The van der Waals surface area contributed by atoms with Crippen LogP contribution in [0.4, 0.5) is 10.1 Å². The fourth-order valence-electron chi connectivity index (χ4n) is 2.71.